The Labute approximate surface area is 107 Å². The number of carboxylic acids is 1. The minimum Gasteiger partial charge on any atom is -0.477 e. The van der Waals surface area contributed by atoms with Gasteiger partial charge < -0.3 is 10.4 Å². The highest BCUT2D eigenvalue weighted by molar-refractivity contribution is 5.85. The lowest BCUT2D eigenvalue weighted by molar-refractivity contribution is 0.0690. The summed E-state index contributed by atoms with van der Waals surface area (Å²) in [5, 5.41) is 12.2. The van der Waals surface area contributed by atoms with E-state index in [4.69, 9.17) is 5.11 Å². The van der Waals surface area contributed by atoms with Crippen LogP contribution in [0.1, 0.15) is 49.5 Å². The van der Waals surface area contributed by atoms with E-state index in [0.29, 0.717) is 5.41 Å². The van der Waals surface area contributed by atoms with Crippen LogP contribution in [0, 0.1) is 5.41 Å². The average molecular weight is 248 g/mol. The summed E-state index contributed by atoms with van der Waals surface area (Å²) in [6, 6.07) is 3.33. The van der Waals surface area contributed by atoms with Crippen molar-refractivity contribution in [1.29, 1.82) is 0 Å². The second kappa shape index (κ2) is 5.38. The van der Waals surface area contributed by atoms with E-state index >= 15 is 0 Å². The molecule has 98 valence electrons. The number of anilines is 1. The summed E-state index contributed by atoms with van der Waals surface area (Å²) in [6.07, 6.45) is 8.02. The van der Waals surface area contributed by atoms with Gasteiger partial charge in [-0.15, -0.1) is 0 Å². The topological polar surface area (TPSA) is 62.2 Å². The number of carbonyl (C=O) groups is 1. The molecule has 0 spiro atoms. The SMILES string of the molecule is CCC1(CNc2ccc(C(=O)O)nc2)CCCC1. The second-order valence-electron chi connectivity index (χ2n) is 5.15. The molecule has 0 saturated heterocycles. The van der Waals surface area contributed by atoms with Gasteiger partial charge in [-0.1, -0.05) is 19.8 Å². The first-order valence-corrected chi connectivity index (χ1v) is 6.58. The quantitative estimate of drug-likeness (QED) is 0.840. The lowest BCUT2D eigenvalue weighted by atomic mass is 9.83. The molecule has 0 aliphatic heterocycles. The molecule has 0 unspecified atom stereocenters. The maximum atomic E-state index is 10.7. The largest absolute Gasteiger partial charge is 0.477 e. The number of nitrogens with zero attached hydrogens (tertiary/aromatic N) is 1. The van der Waals surface area contributed by atoms with Crippen LogP contribution in [-0.4, -0.2) is 22.6 Å². The van der Waals surface area contributed by atoms with Crippen molar-refractivity contribution in [3.63, 3.8) is 0 Å². The molecule has 1 aliphatic carbocycles. The van der Waals surface area contributed by atoms with Gasteiger partial charge in [-0.05, 0) is 36.8 Å². The number of pyridine rings is 1. The molecule has 1 aromatic rings. The molecule has 1 fully saturated rings. The third-order valence-corrected chi connectivity index (χ3v) is 4.06. The number of hydrogen-bond donors (Lipinski definition) is 2. The van der Waals surface area contributed by atoms with Gasteiger partial charge in [0.15, 0.2) is 0 Å². The smallest absolute Gasteiger partial charge is 0.354 e. The first-order chi connectivity index (χ1) is 8.65. The Morgan fingerprint density at radius 2 is 2.17 bits per heavy atom. The maximum absolute atomic E-state index is 10.7. The highest BCUT2D eigenvalue weighted by Crippen LogP contribution is 2.40. The summed E-state index contributed by atoms with van der Waals surface area (Å²) >= 11 is 0. The molecule has 18 heavy (non-hydrogen) atoms. The number of hydrogen-bond acceptors (Lipinski definition) is 3. The van der Waals surface area contributed by atoms with Gasteiger partial charge in [0.1, 0.15) is 5.69 Å². The Bertz CT molecular complexity index is 408. The van der Waals surface area contributed by atoms with Crippen molar-refractivity contribution in [2.45, 2.75) is 39.0 Å². The molecule has 2 rings (SSSR count). The van der Waals surface area contributed by atoms with Crippen LogP contribution in [0.5, 0.6) is 0 Å². The molecule has 4 heteroatoms. The molecule has 1 aromatic heterocycles. The van der Waals surface area contributed by atoms with Crippen molar-refractivity contribution in [2.24, 2.45) is 5.41 Å². The molecular formula is C14H20N2O2. The zero-order valence-corrected chi connectivity index (χ0v) is 10.8. The first kappa shape index (κ1) is 12.9. The van der Waals surface area contributed by atoms with Crippen LogP contribution in [0.3, 0.4) is 0 Å². The molecular weight excluding hydrogens is 228 g/mol. The molecule has 0 atom stereocenters. The zero-order chi connectivity index (χ0) is 13.0. The van der Waals surface area contributed by atoms with Crippen LogP contribution in [0.4, 0.5) is 5.69 Å². The number of aromatic nitrogens is 1. The minimum absolute atomic E-state index is 0.0895. The minimum atomic E-state index is -0.984. The molecule has 1 saturated carbocycles. The van der Waals surface area contributed by atoms with E-state index in [1.165, 1.54) is 38.2 Å². The fourth-order valence-corrected chi connectivity index (χ4v) is 2.69. The van der Waals surface area contributed by atoms with E-state index in [9.17, 15) is 4.79 Å². The van der Waals surface area contributed by atoms with Crippen molar-refractivity contribution in [2.75, 3.05) is 11.9 Å². The maximum Gasteiger partial charge on any atom is 0.354 e. The summed E-state index contributed by atoms with van der Waals surface area (Å²) in [5.74, 6) is -0.984. The third kappa shape index (κ3) is 2.81. The van der Waals surface area contributed by atoms with E-state index in [1.54, 1.807) is 12.3 Å². The fourth-order valence-electron chi connectivity index (χ4n) is 2.69. The Morgan fingerprint density at radius 3 is 2.67 bits per heavy atom. The van der Waals surface area contributed by atoms with E-state index in [1.807, 2.05) is 0 Å². The number of carboxylic acid groups (broad SMARTS) is 1. The lowest BCUT2D eigenvalue weighted by Gasteiger charge is -2.28. The van der Waals surface area contributed by atoms with Crippen molar-refractivity contribution in [3.05, 3.63) is 24.0 Å². The van der Waals surface area contributed by atoms with Gasteiger partial charge in [0, 0.05) is 6.54 Å². The molecule has 1 aliphatic rings. The molecule has 0 aromatic carbocycles. The Morgan fingerprint density at radius 1 is 1.44 bits per heavy atom. The third-order valence-electron chi connectivity index (χ3n) is 4.06. The van der Waals surface area contributed by atoms with Crippen molar-refractivity contribution in [3.8, 4) is 0 Å². The van der Waals surface area contributed by atoms with Crippen LogP contribution in [0.15, 0.2) is 18.3 Å². The summed E-state index contributed by atoms with van der Waals surface area (Å²) in [7, 11) is 0. The zero-order valence-electron chi connectivity index (χ0n) is 10.8. The summed E-state index contributed by atoms with van der Waals surface area (Å²) in [6.45, 7) is 3.20. The van der Waals surface area contributed by atoms with Gasteiger partial charge >= 0.3 is 5.97 Å². The number of nitrogens with one attached hydrogen (secondary N) is 1. The lowest BCUT2D eigenvalue weighted by Crippen LogP contribution is -2.25. The second-order valence-corrected chi connectivity index (χ2v) is 5.15. The van der Waals surface area contributed by atoms with Gasteiger partial charge in [0.2, 0.25) is 0 Å². The van der Waals surface area contributed by atoms with Gasteiger partial charge in [-0.3, -0.25) is 0 Å². The van der Waals surface area contributed by atoms with E-state index < -0.39 is 5.97 Å². The summed E-state index contributed by atoms with van der Waals surface area (Å²) in [4.78, 5) is 14.6. The summed E-state index contributed by atoms with van der Waals surface area (Å²) < 4.78 is 0. The van der Waals surface area contributed by atoms with Crippen molar-refractivity contribution >= 4 is 11.7 Å². The van der Waals surface area contributed by atoms with E-state index in [2.05, 4.69) is 17.2 Å². The Hall–Kier alpha value is -1.58. The molecule has 0 radical (unpaired) electrons. The van der Waals surface area contributed by atoms with E-state index in [0.717, 1.165) is 12.2 Å². The highest BCUT2D eigenvalue weighted by Gasteiger charge is 2.31. The van der Waals surface area contributed by atoms with Gasteiger partial charge in [0.25, 0.3) is 0 Å². The van der Waals surface area contributed by atoms with Crippen LogP contribution < -0.4 is 5.32 Å². The van der Waals surface area contributed by atoms with Gasteiger partial charge in [-0.25, -0.2) is 9.78 Å². The summed E-state index contributed by atoms with van der Waals surface area (Å²) in [5.41, 5.74) is 1.41. The average Bonchev–Trinajstić information content (AvgIpc) is 2.86. The normalized spacial score (nSPS) is 17.6. The Kier molecular flexibility index (Phi) is 3.84. The van der Waals surface area contributed by atoms with Crippen molar-refractivity contribution < 1.29 is 9.90 Å². The molecule has 1 heterocycles. The van der Waals surface area contributed by atoms with Crippen molar-refractivity contribution in [1.82, 2.24) is 4.98 Å². The molecule has 2 N–H and O–H groups in total. The van der Waals surface area contributed by atoms with Gasteiger partial charge in [0.05, 0.1) is 11.9 Å². The van der Waals surface area contributed by atoms with E-state index in [-0.39, 0.29) is 5.69 Å². The van der Waals surface area contributed by atoms with Gasteiger partial charge in [-0.2, -0.15) is 0 Å². The number of aromatic carboxylic acids is 1. The molecule has 0 amide bonds. The van der Waals surface area contributed by atoms with Crippen LogP contribution in [0.25, 0.3) is 0 Å². The van der Waals surface area contributed by atoms with Crippen LogP contribution in [-0.2, 0) is 0 Å². The standard InChI is InChI=1S/C14H20N2O2/c1-2-14(7-3-4-8-14)10-16-11-5-6-12(13(17)18)15-9-11/h5-6,9,16H,2-4,7-8,10H2,1H3,(H,17,18). The predicted molar refractivity (Wildman–Crippen MR) is 70.9 cm³/mol. The fraction of sp³-hybridized carbons (Fsp3) is 0.571. The predicted octanol–water partition coefficient (Wildman–Crippen LogP) is 3.16. The molecule has 0 bridgehead atoms. The number of rotatable bonds is 5. The van der Waals surface area contributed by atoms with Crippen LogP contribution >= 0.6 is 0 Å². The monoisotopic (exact) mass is 248 g/mol. The molecule has 4 nitrogen and oxygen atoms in total. The van der Waals surface area contributed by atoms with Crippen LogP contribution in [0.2, 0.25) is 0 Å². The highest BCUT2D eigenvalue weighted by atomic mass is 16.4. The first-order valence-electron chi connectivity index (χ1n) is 6.58. The Balaban J connectivity index is 1.95.